The van der Waals surface area contributed by atoms with Crippen molar-refractivity contribution >= 4 is 37.9 Å². The van der Waals surface area contributed by atoms with Gasteiger partial charge in [0.1, 0.15) is 22.7 Å². The van der Waals surface area contributed by atoms with Crippen molar-refractivity contribution in [1.29, 1.82) is 0 Å². The van der Waals surface area contributed by atoms with Crippen LogP contribution in [0.3, 0.4) is 0 Å². The van der Waals surface area contributed by atoms with Crippen LogP contribution in [0.1, 0.15) is 11.1 Å². The van der Waals surface area contributed by atoms with Gasteiger partial charge in [0, 0.05) is 22.4 Å². The molecule has 0 saturated heterocycles. The quantitative estimate of drug-likeness (QED) is 0.236. The molecule has 2 heterocycles. The van der Waals surface area contributed by atoms with E-state index in [0.717, 1.165) is 11.1 Å². The van der Waals surface area contributed by atoms with Crippen LogP contribution < -0.4 is 20.6 Å². The topological polar surface area (TPSA) is 128 Å². The summed E-state index contributed by atoms with van der Waals surface area (Å²) in [6, 6.07) is 14.9. The van der Waals surface area contributed by atoms with E-state index < -0.39 is 28.0 Å². The summed E-state index contributed by atoms with van der Waals surface area (Å²) in [7, 11) is -2.60. The Kier molecular flexibility index (Phi) is 6.47. The number of carbonyl (C=O) groups is 1. The number of ether oxygens (including phenoxy) is 1. The first-order valence-electron chi connectivity index (χ1n) is 11.3. The molecule has 0 aliphatic rings. The number of amides is 1. The van der Waals surface area contributed by atoms with E-state index in [1.54, 1.807) is 31.2 Å². The van der Waals surface area contributed by atoms with E-state index in [9.17, 15) is 22.4 Å². The number of aryl methyl sites for hydroxylation is 1. The molecule has 5 rings (SSSR count). The highest BCUT2D eigenvalue weighted by molar-refractivity contribution is 7.89. The number of fused-ring (bicyclic) bond motifs is 2. The van der Waals surface area contributed by atoms with Crippen molar-refractivity contribution in [3.63, 3.8) is 0 Å². The van der Waals surface area contributed by atoms with E-state index >= 15 is 0 Å². The zero-order chi connectivity index (χ0) is 27.0. The zero-order valence-corrected chi connectivity index (χ0v) is 21.0. The number of nitrogens with one attached hydrogen (secondary N) is 2. The fourth-order valence-corrected chi connectivity index (χ4v) is 4.97. The number of rotatable bonds is 7. The summed E-state index contributed by atoms with van der Waals surface area (Å²) in [5.41, 5.74) is 4.17. The predicted molar refractivity (Wildman–Crippen MR) is 138 cm³/mol. The maximum Gasteiger partial charge on any atom is 0.340 e. The Balaban J connectivity index is 1.42. The second kappa shape index (κ2) is 9.77. The van der Waals surface area contributed by atoms with Crippen LogP contribution in [0.2, 0.25) is 0 Å². The smallest absolute Gasteiger partial charge is 0.340 e. The van der Waals surface area contributed by atoms with Crippen LogP contribution >= 0.6 is 0 Å². The van der Waals surface area contributed by atoms with Crippen LogP contribution in [0.15, 0.2) is 85.5 Å². The van der Waals surface area contributed by atoms with E-state index in [1.165, 1.54) is 49.8 Å². The maximum absolute atomic E-state index is 13.4. The molecule has 0 bridgehead atoms. The van der Waals surface area contributed by atoms with Gasteiger partial charge in [-0.1, -0.05) is 12.1 Å². The number of benzene rings is 3. The van der Waals surface area contributed by atoms with E-state index in [0.29, 0.717) is 27.7 Å². The number of methoxy groups -OCH3 is 1. The molecule has 2 aromatic heterocycles. The second-order valence-corrected chi connectivity index (χ2v) is 10.2. The van der Waals surface area contributed by atoms with Gasteiger partial charge < -0.3 is 13.6 Å². The fourth-order valence-electron chi connectivity index (χ4n) is 4.11. The molecule has 0 radical (unpaired) electrons. The van der Waals surface area contributed by atoms with Gasteiger partial charge in [0.05, 0.1) is 30.3 Å². The Morgan fingerprint density at radius 3 is 2.39 bits per heavy atom. The molecule has 38 heavy (non-hydrogen) atoms. The highest BCUT2D eigenvalue weighted by Gasteiger charge is 2.20. The summed E-state index contributed by atoms with van der Waals surface area (Å²) < 4.78 is 54.5. The monoisotopic (exact) mass is 536 g/mol. The van der Waals surface area contributed by atoms with Crippen LogP contribution in [0, 0.1) is 12.7 Å². The Morgan fingerprint density at radius 1 is 1.00 bits per heavy atom. The van der Waals surface area contributed by atoms with Gasteiger partial charge in [-0.3, -0.25) is 10.2 Å². The van der Waals surface area contributed by atoms with Crippen molar-refractivity contribution in [2.24, 2.45) is 0 Å². The van der Waals surface area contributed by atoms with Gasteiger partial charge in [-0.2, -0.15) is 0 Å². The third-order valence-electron chi connectivity index (χ3n) is 6.17. The minimum absolute atomic E-state index is 0.0739. The van der Waals surface area contributed by atoms with Crippen LogP contribution in [-0.4, -0.2) is 21.4 Å². The molecule has 11 heteroatoms. The number of hydrazine groups is 1. The van der Waals surface area contributed by atoms with Crippen molar-refractivity contribution < 1.29 is 31.2 Å². The van der Waals surface area contributed by atoms with Gasteiger partial charge in [-0.15, -0.1) is 4.83 Å². The van der Waals surface area contributed by atoms with Gasteiger partial charge in [0.25, 0.3) is 10.0 Å². The van der Waals surface area contributed by atoms with Gasteiger partial charge in [0.15, 0.2) is 0 Å². The lowest BCUT2D eigenvalue weighted by atomic mass is 9.99. The Bertz CT molecular complexity index is 1840. The average Bonchev–Trinajstić information content (AvgIpc) is 3.32. The van der Waals surface area contributed by atoms with Crippen LogP contribution in [0.4, 0.5) is 4.39 Å². The van der Waals surface area contributed by atoms with Crippen molar-refractivity contribution in [2.45, 2.75) is 18.2 Å². The molecular weight excluding hydrogens is 515 g/mol. The highest BCUT2D eigenvalue weighted by Crippen LogP contribution is 2.34. The first kappa shape index (κ1) is 25.2. The normalized spacial score (nSPS) is 11.7. The minimum Gasteiger partial charge on any atom is -0.497 e. The lowest BCUT2D eigenvalue weighted by Gasteiger charge is -2.11. The number of halogens is 1. The number of hydrogen-bond donors (Lipinski definition) is 2. The first-order valence-corrected chi connectivity index (χ1v) is 12.8. The summed E-state index contributed by atoms with van der Waals surface area (Å²) in [6.07, 6.45) is 1.11. The third kappa shape index (κ3) is 4.76. The number of sulfonamides is 1. The van der Waals surface area contributed by atoms with Crippen molar-refractivity contribution in [2.75, 3.05) is 7.11 Å². The molecule has 0 fully saturated rings. The largest absolute Gasteiger partial charge is 0.497 e. The molecule has 9 nitrogen and oxygen atoms in total. The summed E-state index contributed by atoms with van der Waals surface area (Å²) >= 11 is 0. The molecule has 0 aliphatic carbocycles. The molecule has 2 N–H and O–H groups in total. The van der Waals surface area contributed by atoms with Crippen LogP contribution in [0.25, 0.3) is 33.1 Å². The van der Waals surface area contributed by atoms with Crippen molar-refractivity contribution in [3.05, 3.63) is 94.3 Å². The lowest BCUT2D eigenvalue weighted by Crippen LogP contribution is -2.42. The Hall–Kier alpha value is -4.48. The van der Waals surface area contributed by atoms with Crippen molar-refractivity contribution in [3.8, 4) is 16.9 Å². The molecule has 0 atom stereocenters. The van der Waals surface area contributed by atoms with Gasteiger partial charge in [-0.05, 0) is 60.5 Å². The molecule has 0 spiro atoms. The molecule has 1 amide bonds. The summed E-state index contributed by atoms with van der Waals surface area (Å²) in [4.78, 5) is 27.2. The van der Waals surface area contributed by atoms with E-state index in [4.69, 9.17) is 13.6 Å². The summed E-state index contributed by atoms with van der Waals surface area (Å²) in [5.74, 6) is -0.643. The minimum atomic E-state index is -4.05. The van der Waals surface area contributed by atoms with E-state index in [-0.39, 0.29) is 21.9 Å². The standard InChI is InChI=1S/C27H21FN2O7S/c1-15-20-11-22-23(16-3-5-17(28)6-4-16)14-36-24(22)13-25(20)37-27(32)21(15)12-26(31)29-30-38(33,34)19-9-7-18(35-2)8-10-19/h3-11,13-14,30H,12H2,1-2H3,(H,29,31). The van der Waals surface area contributed by atoms with Crippen molar-refractivity contribution in [1.82, 2.24) is 10.3 Å². The third-order valence-corrected chi connectivity index (χ3v) is 7.43. The predicted octanol–water partition coefficient (Wildman–Crippen LogP) is 4.21. The number of carbonyl (C=O) groups excluding carboxylic acids is 1. The van der Waals surface area contributed by atoms with Gasteiger partial charge in [-0.25, -0.2) is 17.6 Å². The number of hydrogen-bond acceptors (Lipinski definition) is 7. The molecule has 0 unspecified atom stereocenters. The fraction of sp³-hybridized carbons (Fsp3) is 0.111. The van der Waals surface area contributed by atoms with Gasteiger partial charge >= 0.3 is 5.63 Å². The average molecular weight is 537 g/mol. The molecule has 5 aromatic rings. The Labute approximate surface area is 215 Å². The summed E-state index contributed by atoms with van der Waals surface area (Å²) in [6.45, 7) is 1.67. The second-order valence-electron chi connectivity index (χ2n) is 8.50. The molecule has 194 valence electrons. The zero-order valence-electron chi connectivity index (χ0n) is 20.2. The maximum atomic E-state index is 13.4. The SMILES string of the molecule is COc1ccc(S(=O)(=O)NNC(=O)Cc2c(C)c3cc4c(-c5ccc(F)cc5)coc4cc3oc2=O)cc1. The molecular formula is C27H21FN2O7S. The van der Waals surface area contributed by atoms with Crippen LogP contribution in [-0.2, 0) is 21.2 Å². The Morgan fingerprint density at radius 2 is 1.71 bits per heavy atom. The van der Waals surface area contributed by atoms with Gasteiger partial charge in [0.2, 0.25) is 5.91 Å². The first-order chi connectivity index (χ1) is 18.2. The van der Waals surface area contributed by atoms with Crippen LogP contribution in [0.5, 0.6) is 5.75 Å². The number of furan rings is 1. The summed E-state index contributed by atoms with van der Waals surface area (Å²) in [5, 5.41) is 1.28. The molecule has 3 aromatic carbocycles. The lowest BCUT2D eigenvalue weighted by molar-refractivity contribution is -0.120. The van der Waals surface area contributed by atoms with E-state index in [2.05, 4.69) is 5.43 Å². The molecule has 0 aliphatic heterocycles. The van der Waals surface area contributed by atoms with E-state index in [1.807, 2.05) is 4.83 Å². The molecule has 0 saturated carbocycles. The highest BCUT2D eigenvalue weighted by atomic mass is 32.2.